The summed E-state index contributed by atoms with van der Waals surface area (Å²) in [6.07, 6.45) is 1.92. The Hall–Kier alpha value is -2.08. The van der Waals surface area contributed by atoms with Gasteiger partial charge in [0.1, 0.15) is 0 Å². The summed E-state index contributed by atoms with van der Waals surface area (Å²) >= 11 is 0. The lowest BCUT2D eigenvalue weighted by atomic mass is 10.1. The first-order valence-electron chi connectivity index (χ1n) is 5.46. The van der Waals surface area contributed by atoms with Crippen molar-refractivity contribution in [1.29, 1.82) is 0 Å². The Labute approximate surface area is 100 Å². The molecule has 1 aromatic rings. The van der Waals surface area contributed by atoms with Gasteiger partial charge in [0.15, 0.2) is 0 Å². The summed E-state index contributed by atoms with van der Waals surface area (Å²) < 4.78 is 0. The highest BCUT2D eigenvalue weighted by molar-refractivity contribution is 6.32. The highest BCUT2D eigenvalue weighted by atomic mass is 16.4. The third-order valence-electron chi connectivity index (χ3n) is 2.22. The predicted molar refractivity (Wildman–Crippen MR) is 64.4 cm³/mol. The Bertz CT molecular complexity index is 438. The van der Waals surface area contributed by atoms with Gasteiger partial charge in [0, 0.05) is 19.3 Å². The Balaban J connectivity index is 2.20. The quantitative estimate of drug-likeness (QED) is 0.622. The maximum absolute atomic E-state index is 10.7. The number of hydrogen-bond donors (Lipinski definition) is 1. The molecule has 0 aliphatic heterocycles. The Morgan fingerprint density at radius 1 is 1.06 bits per heavy atom. The first-order valence-corrected chi connectivity index (χ1v) is 5.46. The highest BCUT2D eigenvalue weighted by Gasteiger charge is 2.08. The zero-order chi connectivity index (χ0) is 12.5. The molecule has 0 amide bonds. The number of carboxylic acid groups (broad SMARTS) is 1. The zero-order valence-corrected chi connectivity index (χ0v) is 9.48. The van der Waals surface area contributed by atoms with E-state index in [4.69, 9.17) is 5.11 Å². The molecule has 0 atom stereocenters. The van der Waals surface area contributed by atoms with Crippen LogP contribution in [-0.4, -0.2) is 16.9 Å². The summed E-state index contributed by atoms with van der Waals surface area (Å²) in [6.45, 7) is 0. The van der Waals surface area contributed by atoms with Crippen LogP contribution in [0.15, 0.2) is 30.3 Å². The minimum absolute atomic E-state index is 0.00628. The number of ketones is 1. The third-order valence-corrected chi connectivity index (χ3v) is 2.22. The number of rotatable bonds is 5. The Kier molecular flexibility index (Phi) is 5.53. The van der Waals surface area contributed by atoms with Crippen LogP contribution in [0.3, 0.4) is 0 Å². The van der Waals surface area contributed by atoms with Crippen molar-refractivity contribution in [2.24, 2.45) is 0 Å². The second-order valence-corrected chi connectivity index (χ2v) is 3.57. The minimum Gasteiger partial charge on any atom is -0.476 e. The molecule has 0 radical (unpaired) electrons. The van der Waals surface area contributed by atoms with Gasteiger partial charge < -0.3 is 5.11 Å². The van der Waals surface area contributed by atoms with E-state index in [1.807, 2.05) is 30.3 Å². The average Bonchev–Trinajstić information content (AvgIpc) is 2.34. The van der Waals surface area contributed by atoms with E-state index in [-0.39, 0.29) is 6.42 Å². The van der Waals surface area contributed by atoms with Crippen molar-refractivity contribution in [3.05, 3.63) is 35.9 Å². The molecule has 1 aromatic carbocycles. The molecule has 3 nitrogen and oxygen atoms in total. The van der Waals surface area contributed by atoms with Gasteiger partial charge >= 0.3 is 5.97 Å². The van der Waals surface area contributed by atoms with Crippen molar-refractivity contribution in [3.8, 4) is 11.8 Å². The average molecular weight is 230 g/mol. The molecule has 0 heterocycles. The van der Waals surface area contributed by atoms with E-state index < -0.39 is 11.8 Å². The molecule has 0 aliphatic carbocycles. The van der Waals surface area contributed by atoms with Gasteiger partial charge in [-0.15, -0.1) is 11.8 Å². The highest BCUT2D eigenvalue weighted by Crippen LogP contribution is 2.01. The Morgan fingerprint density at radius 3 is 2.35 bits per heavy atom. The topological polar surface area (TPSA) is 54.4 Å². The first kappa shape index (κ1) is 13.0. The van der Waals surface area contributed by atoms with E-state index in [9.17, 15) is 9.59 Å². The van der Waals surface area contributed by atoms with E-state index >= 15 is 0 Å². The fourth-order valence-electron chi connectivity index (χ4n) is 1.31. The number of carboxylic acids is 1. The minimum atomic E-state index is -1.38. The monoisotopic (exact) mass is 230 g/mol. The zero-order valence-electron chi connectivity index (χ0n) is 9.48. The molecule has 0 bridgehead atoms. The summed E-state index contributed by atoms with van der Waals surface area (Å²) in [7, 11) is 0. The maximum Gasteiger partial charge on any atom is 0.372 e. The molecule has 0 unspecified atom stereocenters. The first-order chi connectivity index (χ1) is 8.20. The van der Waals surface area contributed by atoms with Gasteiger partial charge in [-0.25, -0.2) is 4.79 Å². The lowest BCUT2D eigenvalue weighted by Crippen LogP contribution is -2.11. The van der Waals surface area contributed by atoms with Gasteiger partial charge in [-0.3, -0.25) is 4.79 Å². The van der Waals surface area contributed by atoms with Crippen LogP contribution in [-0.2, 0) is 16.0 Å². The van der Waals surface area contributed by atoms with Crippen molar-refractivity contribution >= 4 is 11.8 Å². The lowest BCUT2D eigenvalue weighted by Gasteiger charge is -1.94. The number of carbonyl (C=O) groups is 2. The molecule has 1 N–H and O–H groups in total. The van der Waals surface area contributed by atoms with Crippen molar-refractivity contribution < 1.29 is 14.7 Å². The van der Waals surface area contributed by atoms with Crippen LogP contribution in [0.1, 0.15) is 24.8 Å². The number of carbonyl (C=O) groups excluding carboxylic acids is 1. The second-order valence-electron chi connectivity index (χ2n) is 3.57. The van der Waals surface area contributed by atoms with Crippen molar-refractivity contribution in [1.82, 2.24) is 0 Å². The van der Waals surface area contributed by atoms with Gasteiger partial charge in [0.25, 0.3) is 0 Å². The number of hydrogen-bond acceptors (Lipinski definition) is 2. The predicted octanol–water partition coefficient (Wildman–Crippen LogP) is 2.06. The summed E-state index contributed by atoms with van der Waals surface area (Å²) in [4.78, 5) is 20.9. The van der Waals surface area contributed by atoms with Crippen LogP contribution in [0.25, 0.3) is 0 Å². The number of aryl methyl sites for hydroxylation is 1. The number of Topliss-reactive ketones (excluding diaryl/α,β-unsaturated/α-hetero) is 1. The van der Waals surface area contributed by atoms with E-state index in [2.05, 4.69) is 11.8 Å². The second kappa shape index (κ2) is 7.24. The molecule has 17 heavy (non-hydrogen) atoms. The molecule has 0 aliphatic rings. The van der Waals surface area contributed by atoms with Crippen molar-refractivity contribution in [3.63, 3.8) is 0 Å². The Morgan fingerprint density at radius 2 is 1.71 bits per heavy atom. The van der Waals surface area contributed by atoms with Crippen LogP contribution >= 0.6 is 0 Å². The van der Waals surface area contributed by atoms with Crippen molar-refractivity contribution in [2.75, 3.05) is 0 Å². The number of benzene rings is 1. The fraction of sp³-hybridized carbons (Fsp3) is 0.286. The molecule has 0 saturated heterocycles. The van der Waals surface area contributed by atoms with E-state index in [1.54, 1.807) is 0 Å². The smallest absolute Gasteiger partial charge is 0.372 e. The van der Waals surface area contributed by atoms with Crippen LogP contribution < -0.4 is 0 Å². The van der Waals surface area contributed by atoms with Gasteiger partial charge in [-0.05, 0) is 12.0 Å². The summed E-state index contributed by atoms with van der Waals surface area (Å²) in [5, 5.41) is 8.34. The standard InChI is InChI=1S/C14H14O3/c15-13(14(16)17)11-7-2-1-4-8-12-9-5-3-6-10-12/h3,5-6,9-10H,4,7-8,11H2,(H,16,17). The molecule has 88 valence electrons. The van der Waals surface area contributed by atoms with Gasteiger partial charge in [0.05, 0.1) is 0 Å². The van der Waals surface area contributed by atoms with Crippen LogP contribution in [0, 0.1) is 11.8 Å². The molecule has 0 spiro atoms. The SMILES string of the molecule is O=C(O)C(=O)CCC#CCCc1ccccc1. The molecule has 0 saturated carbocycles. The summed E-state index contributed by atoms with van der Waals surface area (Å²) in [6, 6.07) is 10.0. The fourth-order valence-corrected chi connectivity index (χ4v) is 1.31. The largest absolute Gasteiger partial charge is 0.476 e. The molecule has 0 aromatic heterocycles. The lowest BCUT2D eigenvalue weighted by molar-refractivity contribution is -0.149. The normalized spacial score (nSPS) is 9.18. The van der Waals surface area contributed by atoms with Crippen molar-refractivity contribution in [2.45, 2.75) is 25.7 Å². The van der Waals surface area contributed by atoms with Crippen LogP contribution in [0.4, 0.5) is 0 Å². The molecular weight excluding hydrogens is 216 g/mol. The van der Waals surface area contributed by atoms with E-state index in [0.29, 0.717) is 6.42 Å². The van der Waals surface area contributed by atoms with E-state index in [0.717, 1.165) is 12.8 Å². The van der Waals surface area contributed by atoms with Gasteiger partial charge in [0.2, 0.25) is 5.78 Å². The third kappa shape index (κ3) is 5.53. The van der Waals surface area contributed by atoms with Gasteiger partial charge in [-0.2, -0.15) is 0 Å². The van der Waals surface area contributed by atoms with E-state index in [1.165, 1.54) is 5.56 Å². The molecule has 3 heteroatoms. The molecular formula is C14H14O3. The molecule has 1 rings (SSSR count). The van der Waals surface area contributed by atoms with Crippen LogP contribution in [0.2, 0.25) is 0 Å². The molecule has 0 fully saturated rings. The summed E-state index contributed by atoms with van der Waals surface area (Å²) in [5.41, 5.74) is 1.23. The van der Waals surface area contributed by atoms with Gasteiger partial charge in [-0.1, -0.05) is 30.3 Å². The number of aliphatic carboxylic acids is 1. The summed E-state index contributed by atoms with van der Waals surface area (Å²) in [5.74, 6) is 3.59. The maximum atomic E-state index is 10.7. The van der Waals surface area contributed by atoms with Crippen LogP contribution in [0.5, 0.6) is 0 Å².